The fourth-order valence-electron chi connectivity index (χ4n) is 6.45. The summed E-state index contributed by atoms with van der Waals surface area (Å²) in [4.78, 5) is 18.5. The molecule has 0 N–H and O–H groups in total. The summed E-state index contributed by atoms with van der Waals surface area (Å²) in [5.41, 5.74) is 5.09. The lowest BCUT2D eigenvalue weighted by Gasteiger charge is -2.33. The Hall–Kier alpha value is -3.94. The number of likely N-dealkylation sites (tertiary alicyclic amines) is 1. The molecule has 9 nitrogen and oxygen atoms in total. The molecule has 210 valence electrons. The number of aryl methyl sites for hydroxylation is 2. The molecular weight excluding hydrogens is 514 g/mol. The van der Waals surface area contributed by atoms with Gasteiger partial charge >= 0.3 is 0 Å². The number of nitriles is 1. The third-order valence-corrected chi connectivity index (χ3v) is 8.55. The number of benzene rings is 1. The van der Waals surface area contributed by atoms with Gasteiger partial charge in [-0.1, -0.05) is 6.92 Å². The number of aromatic nitrogens is 4. The molecule has 3 aliphatic heterocycles. The number of carbonyl (C=O) groups is 1. The Morgan fingerprint density at radius 3 is 2.65 bits per heavy atom. The van der Waals surface area contributed by atoms with E-state index >= 15 is 0 Å². The summed E-state index contributed by atoms with van der Waals surface area (Å²) in [6.07, 6.45) is 7.44. The Morgan fingerprint density at radius 2 is 1.98 bits per heavy atom. The second-order valence-electron chi connectivity index (χ2n) is 11.0. The van der Waals surface area contributed by atoms with Crippen LogP contribution in [-0.2, 0) is 31.2 Å². The standard InChI is InChI=1S/C29H34F2N8O/c1-3-27(40)37-12-8-25-24(17-37)29(34-39(25)21-6-10-36(18-32)11-7-21)38-9-4-5-19-13-22(20-15-33-35(2)16-20)23(28(30)31)14-26(19)38/h13-16,21,28H,3-12,17H2,1-2H3. The number of rotatable bonds is 5. The molecule has 3 aromatic rings. The van der Waals surface area contributed by atoms with Crippen LogP contribution in [0.4, 0.5) is 20.3 Å². The molecule has 0 aliphatic carbocycles. The Balaban J connectivity index is 1.44. The van der Waals surface area contributed by atoms with Crippen LogP contribution < -0.4 is 4.90 Å². The Kier molecular flexibility index (Phi) is 6.94. The molecule has 5 heterocycles. The van der Waals surface area contributed by atoms with E-state index in [0.717, 1.165) is 54.0 Å². The minimum Gasteiger partial charge on any atom is -0.338 e. The second-order valence-corrected chi connectivity index (χ2v) is 11.0. The maximum absolute atomic E-state index is 14.4. The van der Waals surface area contributed by atoms with Crippen molar-refractivity contribution in [2.45, 2.75) is 64.5 Å². The van der Waals surface area contributed by atoms with E-state index in [2.05, 4.69) is 20.9 Å². The summed E-state index contributed by atoms with van der Waals surface area (Å²) in [7, 11) is 1.78. The van der Waals surface area contributed by atoms with Crippen LogP contribution >= 0.6 is 0 Å². The minimum atomic E-state index is -2.64. The number of amides is 1. The monoisotopic (exact) mass is 548 g/mol. The zero-order valence-electron chi connectivity index (χ0n) is 23.0. The fraction of sp³-hybridized carbons (Fsp3) is 0.517. The lowest BCUT2D eigenvalue weighted by Crippen LogP contribution is -2.37. The van der Waals surface area contributed by atoms with Gasteiger partial charge in [0, 0.05) is 80.3 Å². The van der Waals surface area contributed by atoms with Gasteiger partial charge in [0.05, 0.1) is 18.8 Å². The largest absolute Gasteiger partial charge is 0.338 e. The van der Waals surface area contributed by atoms with Gasteiger partial charge in [-0.15, -0.1) is 0 Å². The molecule has 0 spiro atoms. The number of alkyl halides is 2. The van der Waals surface area contributed by atoms with E-state index in [1.807, 2.05) is 17.9 Å². The quantitative estimate of drug-likeness (QED) is 0.429. The Morgan fingerprint density at radius 1 is 1.18 bits per heavy atom. The number of anilines is 2. The van der Waals surface area contributed by atoms with Gasteiger partial charge in [-0.3, -0.25) is 14.2 Å². The molecular formula is C29H34F2N8O. The summed E-state index contributed by atoms with van der Waals surface area (Å²) < 4.78 is 32.6. The van der Waals surface area contributed by atoms with Gasteiger partial charge in [-0.2, -0.15) is 15.5 Å². The Labute approximate surface area is 232 Å². The average Bonchev–Trinajstić information content (AvgIpc) is 3.59. The molecule has 6 rings (SSSR count). The van der Waals surface area contributed by atoms with E-state index in [-0.39, 0.29) is 17.5 Å². The van der Waals surface area contributed by atoms with Crippen LogP contribution in [0.15, 0.2) is 24.5 Å². The topological polar surface area (TPSA) is 86.2 Å². The van der Waals surface area contributed by atoms with E-state index in [4.69, 9.17) is 5.10 Å². The number of piperidine rings is 1. The van der Waals surface area contributed by atoms with Gasteiger partial charge in [0.1, 0.15) is 0 Å². The maximum Gasteiger partial charge on any atom is 0.264 e. The fourth-order valence-corrected chi connectivity index (χ4v) is 6.45. The summed E-state index contributed by atoms with van der Waals surface area (Å²) in [5, 5.41) is 18.7. The summed E-state index contributed by atoms with van der Waals surface area (Å²) in [6, 6.07) is 3.69. The first-order chi connectivity index (χ1) is 19.4. The first-order valence-corrected chi connectivity index (χ1v) is 14.1. The van der Waals surface area contributed by atoms with Crippen LogP contribution in [0.2, 0.25) is 0 Å². The van der Waals surface area contributed by atoms with Crippen molar-refractivity contribution in [3.05, 3.63) is 46.9 Å². The van der Waals surface area contributed by atoms with Crippen molar-refractivity contribution >= 4 is 17.4 Å². The van der Waals surface area contributed by atoms with Crippen molar-refractivity contribution in [1.29, 1.82) is 5.26 Å². The predicted molar refractivity (Wildman–Crippen MR) is 146 cm³/mol. The molecule has 1 saturated heterocycles. The lowest BCUT2D eigenvalue weighted by atomic mass is 9.92. The SMILES string of the molecule is CCC(=O)N1CCc2c(c(N3CCCc4cc(-c5cnn(C)c5)c(C(F)F)cc43)nn2C2CCN(C#N)CC2)C1. The van der Waals surface area contributed by atoms with Crippen molar-refractivity contribution in [2.24, 2.45) is 7.05 Å². The number of halogens is 2. The summed E-state index contributed by atoms with van der Waals surface area (Å²) >= 11 is 0. The molecule has 1 amide bonds. The van der Waals surface area contributed by atoms with Gasteiger partial charge in [-0.25, -0.2) is 8.78 Å². The highest BCUT2D eigenvalue weighted by Crippen LogP contribution is 2.43. The highest BCUT2D eigenvalue weighted by atomic mass is 19.3. The van der Waals surface area contributed by atoms with Crippen molar-refractivity contribution in [1.82, 2.24) is 29.4 Å². The van der Waals surface area contributed by atoms with Gasteiger partial charge in [0.15, 0.2) is 12.0 Å². The zero-order chi connectivity index (χ0) is 28.0. The second kappa shape index (κ2) is 10.6. The van der Waals surface area contributed by atoms with Gasteiger partial charge in [-0.05, 0) is 48.9 Å². The van der Waals surface area contributed by atoms with Gasteiger partial charge in [0.25, 0.3) is 6.43 Å². The van der Waals surface area contributed by atoms with Crippen LogP contribution in [0, 0.1) is 11.5 Å². The number of carbonyl (C=O) groups excluding carboxylic acids is 1. The van der Waals surface area contributed by atoms with E-state index in [1.54, 1.807) is 35.1 Å². The van der Waals surface area contributed by atoms with E-state index in [1.165, 1.54) is 0 Å². The number of hydrogen-bond donors (Lipinski definition) is 0. The average molecular weight is 549 g/mol. The van der Waals surface area contributed by atoms with Crippen LogP contribution in [0.3, 0.4) is 0 Å². The molecule has 11 heteroatoms. The van der Waals surface area contributed by atoms with Gasteiger partial charge in [0.2, 0.25) is 5.91 Å². The van der Waals surface area contributed by atoms with Crippen molar-refractivity contribution in [2.75, 3.05) is 31.1 Å². The smallest absolute Gasteiger partial charge is 0.264 e. The normalized spacial score (nSPS) is 17.6. The van der Waals surface area contributed by atoms with Crippen LogP contribution in [0.25, 0.3) is 11.1 Å². The molecule has 0 unspecified atom stereocenters. The molecule has 0 saturated carbocycles. The number of fused-ring (bicyclic) bond motifs is 2. The molecule has 0 bridgehead atoms. The first kappa shape index (κ1) is 26.3. The molecule has 3 aliphatic rings. The lowest BCUT2D eigenvalue weighted by molar-refractivity contribution is -0.131. The summed E-state index contributed by atoms with van der Waals surface area (Å²) in [5.74, 6) is 0.869. The third kappa shape index (κ3) is 4.59. The summed E-state index contributed by atoms with van der Waals surface area (Å²) in [6.45, 7) is 5.02. The van der Waals surface area contributed by atoms with Crippen molar-refractivity contribution < 1.29 is 13.6 Å². The maximum atomic E-state index is 14.4. The van der Waals surface area contributed by atoms with E-state index in [9.17, 15) is 18.8 Å². The molecule has 0 radical (unpaired) electrons. The first-order valence-electron chi connectivity index (χ1n) is 14.1. The molecule has 40 heavy (non-hydrogen) atoms. The van der Waals surface area contributed by atoms with Crippen LogP contribution in [-0.4, -0.2) is 61.4 Å². The number of hydrogen-bond acceptors (Lipinski definition) is 6. The number of nitrogens with zero attached hydrogens (tertiary/aromatic N) is 8. The van der Waals surface area contributed by atoms with Gasteiger partial charge < -0.3 is 14.7 Å². The predicted octanol–water partition coefficient (Wildman–Crippen LogP) is 4.72. The van der Waals surface area contributed by atoms with E-state index < -0.39 is 6.43 Å². The van der Waals surface area contributed by atoms with Crippen LogP contribution in [0.5, 0.6) is 0 Å². The van der Waals surface area contributed by atoms with Crippen molar-refractivity contribution in [3.8, 4) is 17.3 Å². The van der Waals surface area contributed by atoms with Crippen LogP contribution in [0.1, 0.15) is 67.5 Å². The van der Waals surface area contributed by atoms with Crippen molar-refractivity contribution in [3.63, 3.8) is 0 Å². The third-order valence-electron chi connectivity index (χ3n) is 8.55. The van der Waals surface area contributed by atoms with E-state index in [0.29, 0.717) is 56.7 Å². The highest BCUT2D eigenvalue weighted by Gasteiger charge is 2.34. The molecule has 1 fully saturated rings. The molecule has 0 atom stereocenters. The minimum absolute atomic E-state index is 0.0152. The molecule has 1 aromatic carbocycles. The Bertz CT molecular complexity index is 1460. The molecule has 2 aromatic heterocycles. The highest BCUT2D eigenvalue weighted by molar-refractivity contribution is 5.78. The zero-order valence-corrected chi connectivity index (χ0v) is 23.0.